The molecule has 0 amide bonds. The number of fused-ring (bicyclic) bond motifs is 1. The Bertz CT molecular complexity index is 492. The number of hydrogen-bond acceptors (Lipinski definition) is 4. The number of ketones is 1. The Morgan fingerprint density at radius 2 is 2.00 bits per heavy atom. The fourth-order valence-corrected chi connectivity index (χ4v) is 2.90. The van der Waals surface area contributed by atoms with Gasteiger partial charge in [-0.3, -0.25) is 0 Å². The predicted molar refractivity (Wildman–Crippen MR) is 73.4 cm³/mol. The molecule has 0 bridgehead atoms. The lowest BCUT2D eigenvalue weighted by Gasteiger charge is -2.43. The van der Waals surface area contributed by atoms with E-state index < -0.39 is 30.6 Å². The molecule has 1 aromatic rings. The zero-order chi connectivity index (χ0) is 14.8. The Kier molecular flexibility index (Phi) is 4.33. The monoisotopic (exact) mass is 294 g/mol. The van der Waals surface area contributed by atoms with Crippen molar-refractivity contribution in [3.63, 3.8) is 0 Å². The number of benzene rings is 1. The van der Waals surface area contributed by atoms with Crippen LogP contribution in [0.4, 0.5) is 4.39 Å². The predicted octanol–water partition coefficient (Wildman–Crippen LogP) is 2.43. The summed E-state index contributed by atoms with van der Waals surface area (Å²) in [5, 5.41) is 0. The topological polar surface area (TPSA) is 44.8 Å². The molecule has 0 radical (unpaired) electrons. The summed E-state index contributed by atoms with van der Waals surface area (Å²) in [7, 11) is 0. The smallest absolute Gasteiger partial charge is 0.184 e. The lowest BCUT2D eigenvalue weighted by Crippen LogP contribution is -2.54. The van der Waals surface area contributed by atoms with Crippen molar-refractivity contribution in [2.75, 3.05) is 13.2 Å². The molecule has 2 aliphatic heterocycles. The third-order valence-electron chi connectivity index (χ3n) is 3.97. The van der Waals surface area contributed by atoms with Crippen molar-refractivity contribution in [2.24, 2.45) is 5.92 Å². The third kappa shape index (κ3) is 3.15. The molecule has 2 heterocycles. The minimum absolute atomic E-state index is 0.0311. The average Bonchev–Trinajstić information content (AvgIpc) is 2.50. The molecule has 4 nitrogen and oxygen atoms in total. The van der Waals surface area contributed by atoms with Gasteiger partial charge in [0.2, 0.25) is 0 Å². The lowest BCUT2D eigenvalue weighted by molar-refractivity contribution is -0.300. The molecule has 21 heavy (non-hydrogen) atoms. The van der Waals surface area contributed by atoms with Crippen LogP contribution in [0.1, 0.15) is 25.2 Å². The lowest BCUT2D eigenvalue weighted by atomic mass is 9.89. The Morgan fingerprint density at radius 3 is 2.71 bits per heavy atom. The number of alkyl halides is 1. The first kappa shape index (κ1) is 14.6. The zero-order valence-electron chi connectivity index (χ0n) is 11.9. The Hall–Kier alpha value is -1.30. The highest BCUT2D eigenvalue weighted by molar-refractivity contribution is 5.75. The fraction of sp³-hybridized carbons (Fsp3) is 0.562. The molecule has 1 aromatic carbocycles. The van der Waals surface area contributed by atoms with E-state index in [0.717, 1.165) is 5.56 Å². The Labute approximate surface area is 123 Å². The van der Waals surface area contributed by atoms with Crippen molar-refractivity contribution in [1.82, 2.24) is 0 Å². The van der Waals surface area contributed by atoms with E-state index in [9.17, 15) is 9.18 Å². The minimum atomic E-state index is -1.21. The van der Waals surface area contributed by atoms with E-state index in [-0.39, 0.29) is 18.8 Å². The summed E-state index contributed by atoms with van der Waals surface area (Å²) < 4.78 is 31.6. The standard InChI is InChI=1S/C16H19FO4/c1-10(18)7-12-8-19-13-9-20-16(21-15(13)14(12)17)11-5-3-2-4-6-11/h2-6,12-16H,7-9H2,1H3/t12-,13+,14+,15+,16+/m0/s1. The Balaban J connectivity index is 1.71. The summed E-state index contributed by atoms with van der Waals surface area (Å²) in [5.41, 5.74) is 0.858. The molecule has 5 heteroatoms. The summed E-state index contributed by atoms with van der Waals surface area (Å²) in [6.45, 7) is 2.01. The van der Waals surface area contributed by atoms with Crippen LogP contribution in [-0.2, 0) is 19.0 Å². The van der Waals surface area contributed by atoms with Gasteiger partial charge in [0.05, 0.1) is 13.2 Å². The van der Waals surface area contributed by atoms with Gasteiger partial charge in [0.15, 0.2) is 6.29 Å². The molecule has 0 aliphatic carbocycles. The molecule has 2 saturated heterocycles. The molecule has 0 saturated carbocycles. The number of rotatable bonds is 3. The highest BCUT2D eigenvalue weighted by Gasteiger charge is 2.46. The Morgan fingerprint density at radius 1 is 1.24 bits per heavy atom. The van der Waals surface area contributed by atoms with Crippen LogP contribution in [0.3, 0.4) is 0 Å². The van der Waals surface area contributed by atoms with Gasteiger partial charge in [-0.05, 0) is 6.92 Å². The second kappa shape index (κ2) is 6.22. The van der Waals surface area contributed by atoms with Gasteiger partial charge in [0.25, 0.3) is 0 Å². The van der Waals surface area contributed by atoms with E-state index >= 15 is 0 Å². The van der Waals surface area contributed by atoms with Crippen LogP contribution in [0, 0.1) is 5.92 Å². The van der Waals surface area contributed by atoms with Crippen LogP contribution >= 0.6 is 0 Å². The quantitative estimate of drug-likeness (QED) is 0.859. The van der Waals surface area contributed by atoms with Crippen LogP contribution < -0.4 is 0 Å². The maximum atomic E-state index is 14.6. The van der Waals surface area contributed by atoms with Gasteiger partial charge in [-0.15, -0.1) is 0 Å². The maximum Gasteiger partial charge on any atom is 0.184 e. The molecule has 5 atom stereocenters. The van der Waals surface area contributed by atoms with Gasteiger partial charge in [-0.1, -0.05) is 30.3 Å². The van der Waals surface area contributed by atoms with E-state index in [4.69, 9.17) is 14.2 Å². The van der Waals surface area contributed by atoms with E-state index in [2.05, 4.69) is 0 Å². The number of halogens is 1. The SMILES string of the molecule is CC(=O)C[C@H]1CO[C@@H]2CO[C@@H](c3ccccc3)O[C@H]2[C@@H]1F. The molecule has 114 valence electrons. The van der Waals surface area contributed by atoms with Gasteiger partial charge in [-0.25, -0.2) is 4.39 Å². The molecule has 0 aromatic heterocycles. The minimum Gasteiger partial charge on any atom is -0.373 e. The number of carbonyl (C=O) groups excluding carboxylic acids is 1. The maximum absolute atomic E-state index is 14.6. The number of hydrogen-bond donors (Lipinski definition) is 0. The van der Waals surface area contributed by atoms with Crippen LogP contribution in [0.25, 0.3) is 0 Å². The summed E-state index contributed by atoms with van der Waals surface area (Å²) in [6, 6.07) is 9.44. The molecule has 2 aliphatic rings. The second-order valence-electron chi connectivity index (χ2n) is 5.66. The van der Waals surface area contributed by atoms with Crippen LogP contribution in [0.2, 0.25) is 0 Å². The fourth-order valence-electron chi connectivity index (χ4n) is 2.90. The van der Waals surface area contributed by atoms with Crippen molar-refractivity contribution in [3.05, 3.63) is 35.9 Å². The van der Waals surface area contributed by atoms with E-state index in [1.54, 1.807) is 0 Å². The summed E-state index contributed by atoms with van der Waals surface area (Å²) in [6.07, 6.45) is -2.68. The molecular weight excluding hydrogens is 275 g/mol. The van der Waals surface area contributed by atoms with Crippen LogP contribution in [-0.4, -0.2) is 37.4 Å². The summed E-state index contributed by atoms with van der Waals surface area (Å²) in [5.74, 6) is -0.463. The van der Waals surface area contributed by atoms with Crippen molar-refractivity contribution in [3.8, 4) is 0 Å². The summed E-state index contributed by atoms with van der Waals surface area (Å²) in [4.78, 5) is 11.2. The van der Waals surface area contributed by atoms with Gasteiger partial charge in [0, 0.05) is 17.9 Å². The molecule has 0 spiro atoms. The highest BCUT2D eigenvalue weighted by Crippen LogP contribution is 2.36. The molecule has 2 fully saturated rings. The molecule has 0 N–H and O–H groups in total. The van der Waals surface area contributed by atoms with Crippen LogP contribution in [0.5, 0.6) is 0 Å². The third-order valence-corrected chi connectivity index (χ3v) is 3.97. The van der Waals surface area contributed by atoms with Crippen molar-refractivity contribution in [1.29, 1.82) is 0 Å². The molecule has 3 rings (SSSR count). The van der Waals surface area contributed by atoms with Crippen molar-refractivity contribution < 1.29 is 23.4 Å². The van der Waals surface area contributed by atoms with Crippen molar-refractivity contribution in [2.45, 2.75) is 38.0 Å². The largest absolute Gasteiger partial charge is 0.373 e. The number of ether oxygens (including phenoxy) is 3. The van der Waals surface area contributed by atoms with Gasteiger partial charge >= 0.3 is 0 Å². The van der Waals surface area contributed by atoms with E-state index in [1.807, 2.05) is 30.3 Å². The zero-order valence-corrected chi connectivity index (χ0v) is 11.9. The highest BCUT2D eigenvalue weighted by atomic mass is 19.1. The molecular formula is C16H19FO4. The van der Waals surface area contributed by atoms with E-state index in [0.29, 0.717) is 6.61 Å². The molecule has 0 unspecified atom stereocenters. The first-order valence-corrected chi connectivity index (χ1v) is 7.22. The number of carbonyl (C=O) groups is 1. The van der Waals surface area contributed by atoms with Crippen molar-refractivity contribution >= 4 is 5.78 Å². The van der Waals surface area contributed by atoms with E-state index in [1.165, 1.54) is 6.92 Å². The van der Waals surface area contributed by atoms with Gasteiger partial charge in [-0.2, -0.15) is 0 Å². The van der Waals surface area contributed by atoms with Gasteiger partial charge < -0.3 is 19.0 Å². The summed E-state index contributed by atoms with van der Waals surface area (Å²) >= 11 is 0. The normalized spacial score (nSPS) is 36.0. The first-order chi connectivity index (χ1) is 10.1. The average molecular weight is 294 g/mol. The number of Topliss-reactive ketones (excluding diaryl/α,β-unsaturated/α-hetero) is 1. The van der Waals surface area contributed by atoms with Crippen LogP contribution in [0.15, 0.2) is 30.3 Å². The second-order valence-corrected chi connectivity index (χ2v) is 5.66. The first-order valence-electron chi connectivity index (χ1n) is 7.22. The van der Waals surface area contributed by atoms with Gasteiger partial charge in [0.1, 0.15) is 24.2 Å².